The Kier molecular flexibility index (Phi) is 2.90. The summed E-state index contributed by atoms with van der Waals surface area (Å²) < 4.78 is 2.27. The Morgan fingerprint density at radius 1 is 1.42 bits per heavy atom. The molecule has 1 aromatic heterocycles. The quantitative estimate of drug-likeness (QED) is 0.675. The van der Waals surface area contributed by atoms with E-state index in [4.69, 9.17) is 0 Å². The van der Waals surface area contributed by atoms with Gasteiger partial charge in [-0.25, -0.2) is 4.98 Å². The highest BCUT2D eigenvalue weighted by atomic mass is 15.1. The van der Waals surface area contributed by atoms with Crippen LogP contribution < -0.4 is 0 Å². The normalized spacial score (nSPS) is 13.8. The summed E-state index contributed by atoms with van der Waals surface area (Å²) in [6.07, 6.45) is 5.13. The van der Waals surface area contributed by atoms with E-state index in [1.807, 2.05) is 6.20 Å². The molecule has 1 heterocycles. The number of rotatable bonds is 3. The molecule has 0 aliphatic heterocycles. The van der Waals surface area contributed by atoms with Crippen molar-refractivity contribution < 1.29 is 0 Å². The fourth-order valence-electron chi connectivity index (χ4n) is 1.34. The molecule has 1 unspecified atom stereocenters. The van der Waals surface area contributed by atoms with Gasteiger partial charge in [0.25, 0.3) is 0 Å². The lowest BCUT2D eigenvalue weighted by Gasteiger charge is -2.15. The van der Waals surface area contributed by atoms with Crippen LogP contribution in [0, 0.1) is 0 Å². The fraction of sp³-hybridized carbons (Fsp3) is 0.700. The van der Waals surface area contributed by atoms with E-state index in [2.05, 4.69) is 43.4 Å². The summed E-state index contributed by atoms with van der Waals surface area (Å²) in [7, 11) is 0. The summed E-state index contributed by atoms with van der Waals surface area (Å²) in [5.41, 5.74) is 0. The first kappa shape index (κ1) is 9.30. The lowest BCUT2D eigenvalue weighted by Crippen LogP contribution is -2.08. The lowest BCUT2D eigenvalue weighted by atomic mass is 10.2. The van der Waals surface area contributed by atoms with E-state index in [0.717, 1.165) is 6.42 Å². The fourth-order valence-corrected chi connectivity index (χ4v) is 1.34. The zero-order valence-corrected chi connectivity index (χ0v) is 8.41. The molecule has 0 aliphatic carbocycles. The van der Waals surface area contributed by atoms with Gasteiger partial charge in [-0.2, -0.15) is 0 Å². The molecule has 0 aromatic carbocycles. The Labute approximate surface area is 74.6 Å². The molecule has 0 saturated carbocycles. The Balaban J connectivity index is 2.91. The number of hydrogen-bond acceptors (Lipinski definition) is 1. The highest BCUT2D eigenvalue weighted by Crippen LogP contribution is 2.18. The Morgan fingerprint density at radius 3 is 2.58 bits per heavy atom. The molecule has 1 atom stereocenters. The van der Waals surface area contributed by atoms with Gasteiger partial charge in [0.05, 0.1) is 0 Å². The van der Waals surface area contributed by atoms with Gasteiger partial charge in [-0.3, -0.25) is 0 Å². The monoisotopic (exact) mass is 166 g/mol. The van der Waals surface area contributed by atoms with Gasteiger partial charge in [0.15, 0.2) is 0 Å². The second-order valence-electron chi connectivity index (χ2n) is 3.60. The van der Waals surface area contributed by atoms with Crippen molar-refractivity contribution in [3.8, 4) is 0 Å². The maximum Gasteiger partial charge on any atom is 0.111 e. The maximum atomic E-state index is 4.35. The van der Waals surface area contributed by atoms with E-state index < -0.39 is 0 Å². The molecule has 0 radical (unpaired) electrons. The molecule has 68 valence electrons. The highest BCUT2D eigenvalue weighted by molar-refractivity contribution is 4.99. The van der Waals surface area contributed by atoms with Crippen molar-refractivity contribution in [2.45, 2.75) is 46.1 Å². The standard InChI is InChI=1S/C10H18N2/c1-5-9(4)12-7-6-11-10(12)8(2)3/h6-9H,5H2,1-4H3. The molecular weight excluding hydrogens is 148 g/mol. The van der Waals surface area contributed by atoms with Gasteiger partial charge in [-0.05, 0) is 13.3 Å². The van der Waals surface area contributed by atoms with Crippen molar-refractivity contribution in [1.29, 1.82) is 0 Å². The third-order valence-electron chi connectivity index (χ3n) is 2.28. The number of nitrogens with zero attached hydrogens (tertiary/aromatic N) is 2. The summed E-state index contributed by atoms with van der Waals surface area (Å²) in [6, 6.07) is 0.574. The first-order chi connectivity index (χ1) is 5.66. The molecule has 1 aromatic rings. The van der Waals surface area contributed by atoms with Crippen molar-refractivity contribution in [3.05, 3.63) is 18.2 Å². The molecule has 0 N–H and O–H groups in total. The molecule has 12 heavy (non-hydrogen) atoms. The molecule has 0 saturated heterocycles. The van der Waals surface area contributed by atoms with Crippen molar-refractivity contribution in [1.82, 2.24) is 9.55 Å². The van der Waals surface area contributed by atoms with Gasteiger partial charge >= 0.3 is 0 Å². The van der Waals surface area contributed by atoms with E-state index in [9.17, 15) is 0 Å². The predicted molar refractivity (Wildman–Crippen MR) is 51.3 cm³/mol. The van der Waals surface area contributed by atoms with E-state index in [1.54, 1.807) is 0 Å². The Bertz CT molecular complexity index is 238. The third-order valence-corrected chi connectivity index (χ3v) is 2.28. The van der Waals surface area contributed by atoms with Gasteiger partial charge < -0.3 is 4.57 Å². The van der Waals surface area contributed by atoms with E-state index in [1.165, 1.54) is 5.82 Å². The van der Waals surface area contributed by atoms with E-state index in [-0.39, 0.29) is 0 Å². The minimum absolute atomic E-state index is 0.522. The average Bonchev–Trinajstić information content (AvgIpc) is 2.50. The van der Waals surface area contributed by atoms with Gasteiger partial charge in [0.2, 0.25) is 0 Å². The molecule has 2 nitrogen and oxygen atoms in total. The third kappa shape index (κ3) is 1.68. The molecular formula is C10H18N2. The van der Waals surface area contributed by atoms with Crippen LogP contribution in [0.1, 0.15) is 51.9 Å². The van der Waals surface area contributed by atoms with Crippen molar-refractivity contribution in [2.24, 2.45) is 0 Å². The summed E-state index contributed by atoms with van der Waals surface area (Å²) >= 11 is 0. The summed E-state index contributed by atoms with van der Waals surface area (Å²) in [6.45, 7) is 8.80. The lowest BCUT2D eigenvalue weighted by molar-refractivity contribution is 0.497. The van der Waals surface area contributed by atoms with Crippen LogP contribution >= 0.6 is 0 Å². The largest absolute Gasteiger partial charge is 0.332 e. The SMILES string of the molecule is CCC(C)n1ccnc1C(C)C. The minimum Gasteiger partial charge on any atom is -0.332 e. The van der Waals surface area contributed by atoms with Crippen LogP contribution in [0.5, 0.6) is 0 Å². The molecule has 0 aliphatic rings. The van der Waals surface area contributed by atoms with Crippen LogP contribution in [0.25, 0.3) is 0 Å². The molecule has 0 fully saturated rings. The van der Waals surface area contributed by atoms with Crippen LogP contribution in [0.4, 0.5) is 0 Å². The van der Waals surface area contributed by atoms with Gasteiger partial charge in [-0.15, -0.1) is 0 Å². The van der Waals surface area contributed by atoms with Crippen molar-refractivity contribution in [2.75, 3.05) is 0 Å². The zero-order valence-electron chi connectivity index (χ0n) is 8.41. The number of hydrogen-bond donors (Lipinski definition) is 0. The van der Waals surface area contributed by atoms with Gasteiger partial charge in [0.1, 0.15) is 5.82 Å². The first-order valence-corrected chi connectivity index (χ1v) is 4.69. The first-order valence-electron chi connectivity index (χ1n) is 4.69. The zero-order chi connectivity index (χ0) is 9.14. The summed E-state index contributed by atoms with van der Waals surface area (Å²) in [4.78, 5) is 4.35. The summed E-state index contributed by atoms with van der Waals surface area (Å²) in [5.74, 6) is 1.72. The van der Waals surface area contributed by atoms with Gasteiger partial charge in [0, 0.05) is 24.4 Å². The van der Waals surface area contributed by atoms with Crippen LogP contribution in [0.2, 0.25) is 0 Å². The molecule has 0 amide bonds. The smallest absolute Gasteiger partial charge is 0.111 e. The topological polar surface area (TPSA) is 17.8 Å². The van der Waals surface area contributed by atoms with Crippen LogP contribution in [-0.4, -0.2) is 9.55 Å². The molecule has 2 heteroatoms. The second kappa shape index (κ2) is 3.74. The summed E-state index contributed by atoms with van der Waals surface area (Å²) in [5, 5.41) is 0. The number of imidazole rings is 1. The predicted octanol–water partition coefficient (Wildman–Crippen LogP) is 2.98. The maximum absolute atomic E-state index is 4.35. The Hall–Kier alpha value is -0.790. The molecule has 0 bridgehead atoms. The van der Waals surface area contributed by atoms with E-state index >= 15 is 0 Å². The molecule has 1 rings (SSSR count). The van der Waals surface area contributed by atoms with Crippen LogP contribution in [0.3, 0.4) is 0 Å². The van der Waals surface area contributed by atoms with Crippen molar-refractivity contribution >= 4 is 0 Å². The van der Waals surface area contributed by atoms with Crippen LogP contribution in [0.15, 0.2) is 12.4 Å². The minimum atomic E-state index is 0.522. The van der Waals surface area contributed by atoms with Gasteiger partial charge in [-0.1, -0.05) is 20.8 Å². The van der Waals surface area contributed by atoms with E-state index in [0.29, 0.717) is 12.0 Å². The second-order valence-corrected chi connectivity index (χ2v) is 3.60. The number of aromatic nitrogens is 2. The highest BCUT2D eigenvalue weighted by Gasteiger charge is 2.10. The van der Waals surface area contributed by atoms with Crippen molar-refractivity contribution in [3.63, 3.8) is 0 Å². The van der Waals surface area contributed by atoms with Crippen LogP contribution in [-0.2, 0) is 0 Å². The molecule has 0 spiro atoms. The Morgan fingerprint density at radius 2 is 2.08 bits per heavy atom. The average molecular weight is 166 g/mol.